The zero-order chi connectivity index (χ0) is 17.4. The summed E-state index contributed by atoms with van der Waals surface area (Å²) in [5.74, 6) is 0.880. The molecule has 4 rings (SSSR count). The standard InChI is InChI=1S/C18H20N4O3/c1-25-16-5-3-2-4-15(16)22-10-12(8-17(22)23)19-18(24)14-9-13(20-21-14)11-6-7-11/h2-5,9,11-12H,6-8,10H2,1H3,(H,19,24)(H,20,21)/t12-/m1/s1. The van der Waals surface area contributed by atoms with Crippen molar-refractivity contribution in [1.82, 2.24) is 15.5 Å². The van der Waals surface area contributed by atoms with E-state index in [1.807, 2.05) is 30.3 Å². The van der Waals surface area contributed by atoms with Crippen molar-refractivity contribution in [2.45, 2.75) is 31.2 Å². The number of amides is 2. The van der Waals surface area contributed by atoms with Crippen LogP contribution in [0.4, 0.5) is 5.69 Å². The minimum atomic E-state index is -0.247. The van der Waals surface area contributed by atoms with Gasteiger partial charge in [-0.2, -0.15) is 5.10 Å². The molecule has 0 radical (unpaired) electrons. The van der Waals surface area contributed by atoms with E-state index in [0.29, 0.717) is 23.9 Å². The smallest absolute Gasteiger partial charge is 0.272 e. The number of H-pyrrole nitrogens is 1. The normalized spacial score (nSPS) is 20.0. The van der Waals surface area contributed by atoms with Crippen LogP contribution in [0.1, 0.15) is 41.4 Å². The number of hydrogen-bond acceptors (Lipinski definition) is 4. The summed E-state index contributed by atoms with van der Waals surface area (Å²) in [7, 11) is 1.58. The minimum absolute atomic E-state index is 0.0319. The van der Waals surface area contributed by atoms with E-state index in [4.69, 9.17) is 4.74 Å². The van der Waals surface area contributed by atoms with Gasteiger partial charge in [0.2, 0.25) is 5.91 Å². The molecule has 1 aromatic carbocycles. The van der Waals surface area contributed by atoms with Crippen LogP contribution in [0.2, 0.25) is 0 Å². The predicted octanol–water partition coefficient (Wildman–Crippen LogP) is 1.83. The molecule has 7 heteroatoms. The fourth-order valence-corrected chi connectivity index (χ4v) is 3.21. The Kier molecular flexibility index (Phi) is 3.91. The molecule has 2 N–H and O–H groups in total. The van der Waals surface area contributed by atoms with Gasteiger partial charge < -0.3 is 15.0 Å². The highest BCUT2D eigenvalue weighted by molar-refractivity contribution is 5.99. The average Bonchev–Trinajstić information content (AvgIpc) is 3.23. The van der Waals surface area contributed by atoms with Gasteiger partial charge in [0.15, 0.2) is 0 Å². The molecule has 2 aliphatic rings. The number of para-hydroxylation sites is 2. The van der Waals surface area contributed by atoms with Gasteiger partial charge in [-0.25, -0.2) is 0 Å². The predicted molar refractivity (Wildman–Crippen MR) is 91.8 cm³/mol. The largest absolute Gasteiger partial charge is 0.495 e. The highest BCUT2D eigenvalue weighted by atomic mass is 16.5. The van der Waals surface area contributed by atoms with E-state index in [2.05, 4.69) is 15.5 Å². The van der Waals surface area contributed by atoms with E-state index < -0.39 is 0 Å². The van der Waals surface area contributed by atoms with Gasteiger partial charge in [0.05, 0.1) is 18.8 Å². The summed E-state index contributed by atoms with van der Waals surface area (Å²) in [5, 5.41) is 9.93. The number of aromatic amines is 1. The van der Waals surface area contributed by atoms with Crippen molar-refractivity contribution < 1.29 is 14.3 Å². The van der Waals surface area contributed by atoms with Crippen molar-refractivity contribution >= 4 is 17.5 Å². The van der Waals surface area contributed by atoms with Crippen LogP contribution in [0.25, 0.3) is 0 Å². The van der Waals surface area contributed by atoms with Gasteiger partial charge in [0.1, 0.15) is 11.4 Å². The summed E-state index contributed by atoms with van der Waals surface area (Å²) in [4.78, 5) is 26.4. The maximum atomic E-state index is 12.4. The first-order chi connectivity index (χ1) is 12.2. The Balaban J connectivity index is 1.43. The third kappa shape index (κ3) is 3.09. The number of benzene rings is 1. The van der Waals surface area contributed by atoms with Gasteiger partial charge >= 0.3 is 0 Å². The van der Waals surface area contributed by atoms with Crippen LogP contribution in [-0.2, 0) is 4.79 Å². The van der Waals surface area contributed by atoms with Gasteiger partial charge in [0.25, 0.3) is 5.91 Å². The summed E-state index contributed by atoms with van der Waals surface area (Å²) < 4.78 is 5.33. The summed E-state index contributed by atoms with van der Waals surface area (Å²) >= 11 is 0. The number of aromatic nitrogens is 2. The SMILES string of the molecule is COc1ccccc1N1C[C@H](NC(=O)c2cc(C3CC3)[nH]n2)CC1=O. The summed E-state index contributed by atoms with van der Waals surface area (Å²) in [6.45, 7) is 0.421. The van der Waals surface area contributed by atoms with E-state index >= 15 is 0 Å². The topological polar surface area (TPSA) is 87.3 Å². The van der Waals surface area contributed by atoms with Crippen LogP contribution in [0.3, 0.4) is 0 Å². The zero-order valence-electron chi connectivity index (χ0n) is 14.0. The molecule has 1 aromatic heterocycles. The van der Waals surface area contributed by atoms with Gasteiger partial charge in [-0.3, -0.25) is 14.7 Å². The Morgan fingerprint density at radius 1 is 1.36 bits per heavy atom. The number of nitrogens with one attached hydrogen (secondary N) is 2. The van der Waals surface area contributed by atoms with Crippen LogP contribution in [-0.4, -0.2) is 41.7 Å². The molecule has 1 saturated heterocycles. The second-order valence-electron chi connectivity index (χ2n) is 6.53. The monoisotopic (exact) mass is 340 g/mol. The molecule has 0 unspecified atom stereocenters. The van der Waals surface area contributed by atoms with Crippen LogP contribution in [0.5, 0.6) is 5.75 Å². The second kappa shape index (κ2) is 6.23. The van der Waals surface area contributed by atoms with E-state index in [-0.39, 0.29) is 24.3 Å². The maximum absolute atomic E-state index is 12.4. The first-order valence-electron chi connectivity index (χ1n) is 8.45. The number of carbonyl (C=O) groups is 2. The third-order valence-corrected chi connectivity index (χ3v) is 4.68. The van der Waals surface area contributed by atoms with Crippen molar-refractivity contribution in [2.24, 2.45) is 0 Å². The molecule has 0 spiro atoms. The number of carbonyl (C=O) groups excluding carboxylic acids is 2. The highest BCUT2D eigenvalue weighted by Gasteiger charge is 2.34. The lowest BCUT2D eigenvalue weighted by atomic mass is 10.2. The summed E-state index contributed by atoms with van der Waals surface area (Å²) in [5.41, 5.74) is 2.12. The van der Waals surface area contributed by atoms with E-state index in [1.165, 1.54) is 0 Å². The lowest BCUT2D eigenvalue weighted by molar-refractivity contribution is -0.117. The molecule has 1 aliphatic carbocycles. The number of ether oxygens (including phenoxy) is 1. The van der Waals surface area contributed by atoms with Crippen molar-refractivity contribution in [2.75, 3.05) is 18.6 Å². The number of nitrogens with zero attached hydrogens (tertiary/aromatic N) is 2. The van der Waals surface area contributed by atoms with Crippen molar-refractivity contribution in [3.8, 4) is 5.75 Å². The van der Waals surface area contributed by atoms with Gasteiger partial charge in [-0.1, -0.05) is 12.1 Å². The zero-order valence-corrected chi connectivity index (χ0v) is 14.0. The molecular formula is C18H20N4O3. The van der Waals surface area contributed by atoms with Crippen LogP contribution >= 0.6 is 0 Å². The number of rotatable bonds is 5. The Hall–Kier alpha value is -2.83. The molecular weight excluding hydrogens is 320 g/mol. The minimum Gasteiger partial charge on any atom is -0.495 e. The van der Waals surface area contributed by atoms with E-state index in [9.17, 15) is 9.59 Å². The molecule has 1 aliphatic heterocycles. The molecule has 2 aromatic rings. The van der Waals surface area contributed by atoms with Gasteiger partial charge in [0, 0.05) is 24.6 Å². The molecule has 7 nitrogen and oxygen atoms in total. The molecule has 2 heterocycles. The first-order valence-corrected chi connectivity index (χ1v) is 8.45. The second-order valence-corrected chi connectivity index (χ2v) is 6.53. The summed E-state index contributed by atoms with van der Waals surface area (Å²) in [6, 6.07) is 8.94. The molecule has 1 atom stereocenters. The Morgan fingerprint density at radius 2 is 2.16 bits per heavy atom. The van der Waals surface area contributed by atoms with Crippen molar-refractivity contribution in [1.29, 1.82) is 0 Å². The number of methoxy groups -OCH3 is 1. The lowest BCUT2D eigenvalue weighted by Gasteiger charge is -2.19. The first kappa shape index (κ1) is 15.7. The van der Waals surface area contributed by atoms with E-state index in [0.717, 1.165) is 24.2 Å². The fourth-order valence-electron chi connectivity index (χ4n) is 3.21. The molecule has 130 valence electrons. The summed E-state index contributed by atoms with van der Waals surface area (Å²) in [6.07, 6.45) is 2.56. The Morgan fingerprint density at radius 3 is 2.92 bits per heavy atom. The van der Waals surface area contributed by atoms with Crippen molar-refractivity contribution in [3.63, 3.8) is 0 Å². The van der Waals surface area contributed by atoms with Crippen LogP contribution in [0, 0.1) is 0 Å². The number of anilines is 1. The van der Waals surface area contributed by atoms with Crippen molar-refractivity contribution in [3.05, 3.63) is 41.7 Å². The Bertz CT molecular complexity index is 812. The quantitative estimate of drug-likeness (QED) is 0.869. The molecule has 0 bridgehead atoms. The molecule has 2 fully saturated rings. The molecule has 25 heavy (non-hydrogen) atoms. The van der Waals surface area contributed by atoms with Gasteiger partial charge in [-0.15, -0.1) is 0 Å². The maximum Gasteiger partial charge on any atom is 0.272 e. The Labute approximate surface area is 145 Å². The lowest BCUT2D eigenvalue weighted by Crippen LogP contribution is -2.37. The van der Waals surface area contributed by atoms with Gasteiger partial charge in [-0.05, 0) is 31.0 Å². The number of hydrogen-bond donors (Lipinski definition) is 2. The van der Waals surface area contributed by atoms with Crippen LogP contribution < -0.4 is 15.0 Å². The van der Waals surface area contributed by atoms with E-state index in [1.54, 1.807) is 12.0 Å². The average molecular weight is 340 g/mol. The molecule has 2 amide bonds. The molecule has 1 saturated carbocycles. The fraction of sp³-hybridized carbons (Fsp3) is 0.389. The van der Waals surface area contributed by atoms with Crippen LogP contribution in [0.15, 0.2) is 30.3 Å². The highest BCUT2D eigenvalue weighted by Crippen LogP contribution is 2.39. The third-order valence-electron chi connectivity index (χ3n) is 4.68.